The van der Waals surface area contributed by atoms with Crippen LogP contribution >= 0.6 is 24.0 Å². The summed E-state index contributed by atoms with van der Waals surface area (Å²) in [5.74, 6) is 0.399. The van der Waals surface area contributed by atoms with Gasteiger partial charge < -0.3 is 10.2 Å². The smallest absolute Gasteiger partial charge is 0.193 e. The molecule has 0 aliphatic carbocycles. The first kappa shape index (κ1) is 22.4. The van der Waals surface area contributed by atoms with Gasteiger partial charge in [0.1, 0.15) is 5.82 Å². The minimum Gasteiger partial charge on any atom is -0.352 e. The van der Waals surface area contributed by atoms with Crippen LogP contribution in [0.5, 0.6) is 0 Å². The number of aliphatic imine (C=N–C) groups is 1. The van der Waals surface area contributed by atoms with Crippen LogP contribution in [-0.2, 0) is 22.9 Å². The maximum absolute atomic E-state index is 13.3. The third kappa shape index (κ3) is 6.56. The van der Waals surface area contributed by atoms with Crippen LogP contribution in [0.2, 0.25) is 0 Å². The van der Waals surface area contributed by atoms with Crippen molar-refractivity contribution in [1.82, 2.24) is 10.2 Å². The van der Waals surface area contributed by atoms with E-state index in [0.29, 0.717) is 23.9 Å². The van der Waals surface area contributed by atoms with Crippen molar-refractivity contribution >= 4 is 39.8 Å². The van der Waals surface area contributed by atoms with Crippen LogP contribution in [0.1, 0.15) is 11.1 Å². The van der Waals surface area contributed by atoms with E-state index in [9.17, 15) is 12.8 Å². The highest BCUT2D eigenvalue weighted by Crippen LogP contribution is 2.11. The summed E-state index contributed by atoms with van der Waals surface area (Å²) in [5, 5.41) is 3.21. The Morgan fingerprint density at radius 1 is 1.15 bits per heavy atom. The second-order valence-electron chi connectivity index (χ2n) is 5.80. The largest absolute Gasteiger partial charge is 0.352 e. The highest BCUT2D eigenvalue weighted by molar-refractivity contribution is 14.0. The number of rotatable bonds is 5. The van der Waals surface area contributed by atoms with E-state index in [1.54, 1.807) is 37.4 Å². The van der Waals surface area contributed by atoms with Crippen molar-refractivity contribution < 1.29 is 12.8 Å². The molecule has 0 unspecified atom stereocenters. The van der Waals surface area contributed by atoms with Crippen molar-refractivity contribution in [3.05, 3.63) is 65.5 Å². The van der Waals surface area contributed by atoms with Crippen LogP contribution in [0.15, 0.2) is 58.4 Å². The monoisotopic (exact) mass is 491 g/mol. The first-order valence-electron chi connectivity index (χ1n) is 7.75. The summed E-state index contributed by atoms with van der Waals surface area (Å²) in [6, 6.07) is 13.2. The van der Waals surface area contributed by atoms with Gasteiger partial charge in [0.25, 0.3) is 0 Å². The van der Waals surface area contributed by atoms with Crippen molar-refractivity contribution in [3.63, 3.8) is 0 Å². The molecule has 2 rings (SSSR count). The molecule has 0 heterocycles. The first-order valence-corrected chi connectivity index (χ1v) is 9.64. The number of benzene rings is 2. The number of guanidine groups is 1. The molecule has 2 aromatic rings. The van der Waals surface area contributed by atoms with E-state index in [2.05, 4.69) is 10.3 Å². The summed E-state index contributed by atoms with van der Waals surface area (Å²) in [5.41, 5.74) is 1.79. The molecule has 142 valence electrons. The van der Waals surface area contributed by atoms with Crippen molar-refractivity contribution in [3.8, 4) is 0 Å². The lowest BCUT2D eigenvalue weighted by Gasteiger charge is -2.22. The SMILES string of the molecule is CN=C(NCc1ccc(S(C)(=O)=O)cc1)N(C)Cc1cccc(F)c1.I. The Kier molecular flexibility index (Phi) is 8.48. The van der Waals surface area contributed by atoms with Crippen molar-refractivity contribution in [2.75, 3.05) is 20.4 Å². The van der Waals surface area contributed by atoms with Gasteiger partial charge in [-0.2, -0.15) is 0 Å². The summed E-state index contributed by atoms with van der Waals surface area (Å²) in [4.78, 5) is 6.40. The lowest BCUT2D eigenvalue weighted by atomic mass is 10.2. The van der Waals surface area contributed by atoms with Crippen LogP contribution in [0.25, 0.3) is 0 Å². The Bertz CT molecular complexity index is 855. The summed E-state index contributed by atoms with van der Waals surface area (Å²) >= 11 is 0. The number of hydrogen-bond donors (Lipinski definition) is 1. The zero-order chi connectivity index (χ0) is 18.4. The lowest BCUT2D eigenvalue weighted by molar-refractivity contribution is 0.474. The van der Waals surface area contributed by atoms with E-state index < -0.39 is 9.84 Å². The summed E-state index contributed by atoms with van der Waals surface area (Å²) in [6.07, 6.45) is 1.18. The molecule has 2 aromatic carbocycles. The second kappa shape index (κ2) is 9.86. The Balaban J connectivity index is 0.00000338. The lowest BCUT2D eigenvalue weighted by Crippen LogP contribution is -2.38. The molecule has 0 radical (unpaired) electrons. The fourth-order valence-corrected chi connectivity index (χ4v) is 3.03. The Hall–Kier alpha value is -1.68. The molecule has 0 saturated carbocycles. The maximum atomic E-state index is 13.3. The number of nitrogens with one attached hydrogen (secondary N) is 1. The number of hydrogen-bond acceptors (Lipinski definition) is 3. The topological polar surface area (TPSA) is 61.8 Å². The predicted molar refractivity (Wildman–Crippen MR) is 113 cm³/mol. The predicted octanol–water partition coefficient (Wildman–Crippen LogP) is 3.05. The molecule has 0 atom stereocenters. The molecular formula is C18H23FIN3O2S. The average Bonchev–Trinajstić information content (AvgIpc) is 2.55. The summed E-state index contributed by atoms with van der Waals surface area (Å²) in [6.45, 7) is 1.02. The number of sulfone groups is 1. The van der Waals surface area contributed by atoms with Gasteiger partial charge in [0.05, 0.1) is 4.90 Å². The molecule has 0 aromatic heterocycles. The molecule has 5 nitrogen and oxygen atoms in total. The van der Waals surface area contributed by atoms with Gasteiger partial charge in [-0.3, -0.25) is 4.99 Å². The zero-order valence-electron chi connectivity index (χ0n) is 14.9. The van der Waals surface area contributed by atoms with Crippen molar-refractivity contribution in [2.24, 2.45) is 4.99 Å². The Morgan fingerprint density at radius 3 is 2.35 bits per heavy atom. The van der Waals surface area contributed by atoms with E-state index in [1.807, 2.05) is 18.0 Å². The highest BCUT2D eigenvalue weighted by atomic mass is 127. The summed E-state index contributed by atoms with van der Waals surface area (Å²) in [7, 11) is 0.356. The van der Waals surface area contributed by atoms with E-state index in [4.69, 9.17) is 0 Å². The van der Waals surface area contributed by atoms with Gasteiger partial charge in [0.15, 0.2) is 15.8 Å². The van der Waals surface area contributed by atoms with Gasteiger partial charge >= 0.3 is 0 Å². The number of nitrogens with zero attached hydrogens (tertiary/aromatic N) is 2. The molecular weight excluding hydrogens is 468 g/mol. The zero-order valence-corrected chi connectivity index (χ0v) is 18.1. The van der Waals surface area contributed by atoms with Crippen LogP contribution in [0.4, 0.5) is 4.39 Å². The molecule has 0 spiro atoms. The standard InChI is InChI=1S/C18H22FN3O2S.HI/c1-20-18(22(2)13-15-5-4-6-16(19)11-15)21-12-14-7-9-17(10-8-14)25(3,23)24;/h4-11H,12-13H2,1-3H3,(H,20,21);1H. The van der Waals surface area contributed by atoms with Gasteiger partial charge in [0.2, 0.25) is 0 Å². The highest BCUT2D eigenvalue weighted by Gasteiger charge is 2.09. The quantitative estimate of drug-likeness (QED) is 0.397. The van der Waals surface area contributed by atoms with Crippen LogP contribution in [0, 0.1) is 5.82 Å². The molecule has 0 aliphatic heterocycles. The average molecular weight is 491 g/mol. The normalized spacial score (nSPS) is 11.6. The Morgan fingerprint density at radius 2 is 1.81 bits per heavy atom. The Labute approximate surface area is 171 Å². The summed E-state index contributed by atoms with van der Waals surface area (Å²) < 4.78 is 36.2. The fraction of sp³-hybridized carbons (Fsp3) is 0.278. The van der Waals surface area contributed by atoms with E-state index in [0.717, 1.165) is 11.1 Å². The van der Waals surface area contributed by atoms with Crippen molar-refractivity contribution in [2.45, 2.75) is 18.0 Å². The van der Waals surface area contributed by atoms with Gasteiger partial charge in [0, 0.05) is 33.4 Å². The van der Waals surface area contributed by atoms with E-state index >= 15 is 0 Å². The third-order valence-electron chi connectivity index (χ3n) is 3.68. The molecule has 8 heteroatoms. The van der Waals surface area contributed by atoms with E-state index in [-0.39, 0.29) is 29.8 Å². The molecule has 26 heavy (non-hydrogen) atoms. The minimum absolute atomic E-state index is 0. The first-order chi connectivity index (χ1) is 11.8. The van der Waals surface area contributed by atoms with Gasteiger partial charge in [-0.25, -0.2) is 12.8 Å². The molecule has 0 aliphatic rings. The molecule has 0 saturated heterocycles. The molecule has 0 bridgehead atoms. The second-order valence-corrected chi connectivity index (χ2v) is 7.82. The van der Waals surface area contributed by atoms with Gasteiger partial charge in [-0.1, -0.05) is 24.3 Å². The minimum atomic E-state index is -3.19. The van der Waals surface area contributed by atoms with E-state index in [1.165, 1.54) is 18.4 Å². The molecule has 1 N–H and O–H groups in total. The van der Waals surface area contributed by atoms with Gasteiger partial charge in [-0.05, 0) is 35.4 Å². The number of halogens is 2. The molecule has 0 amide bonds. The van der Waals surface area contributed by atoms with Crippen molar-refractivity contribution in [1.29, 1.82) is 0 Å². The third-order valence-corrected chi connectivity index (χ3v) is 4.81. The molecule has 0 fully saturated rings. The van der Waals surface area contributed by atoms with Crippen LogP contribution in [0.3, 0.4) is 0 Å². The van der Waals surface area contributed by atoms with Crippen LogP contribution < -0.4 is 5.32 Å². The van der Waals surface area contributed by atoms with Crippen LogP contribution in [-0.4, -0.2) is 39.6 Å². The maximum Gasteiger partial charge on any atom is 0.193 e. The van der Waals surface area contributed by atoms with Gasteiger partial charge in [-0.15, -0.1) is 24.0 Å². The fourth-order valence-electron chi connectivity index (χ4n) is 2.40.